The van der Waals surface area contributed by atoms with Gasteiger partial charge in [0.1, 0.15) is 0 Å². The van der Waals surface area contributed by atoms with Gasteiger partial charge in [0.15, 0.2) is 0 Å². The van der Waals surface area contributed by atoms with Gasteiger partial charge in [0.25, 0.3) is 11.5 Å². The van der Waals surface area contributed by atoms with E-state index in [1.54, 1.807) is 10.7 Å². The molecular weight excluding hydrogens is 350 g/mol. The van der Waals surface area contributed by atoms with E-state index < -0.39 is 0 Å². The second-order valence-electron chi connectivity index (χ2n) is 8.46. The maximum Gasteiger partial charge on any atom is 0.267 e. The number of amides is 1. The van der Waals surface area contributed by atoms with E-state index in [9.17, 15) is 9.59 Å². The van der Waals surface area contributed by atoms with Gasteiger partial charge in [-0.25, -0.2) is 4.68 Å². The molecule has 1 amide bonds. The van der Waals surface area contributed by atoms with Crippen molar-refractivity contribution in [3.8, 4) is 0 Å². The maximum absolute atomic E-state index is 12.8. The highest BCUT2D eigenvalue weighted by molar-refractivity contribution is 5.94. The molecule has 0 spiro atoms. The number of benzene rings is 1. The molecule has 0 N–H and O–H groups in total. The van der Waals surface area contributed by atoms with E-state index in [4.69, 9.17) is 0 Å². The second-order valence-corrected chi connectivity index (χ2v) is 8.46. The van der Waals surface area contributed by atoms with Crippen LogP contribution in [0.2, 0.25) is 0 Å². The molecule has 148 valence electrons. The highest BCUT2D eigenvalue weighted by Crippen LogP contribution is 2.22. The number of likely N-dealkylation sites (tertiary alicyclic amines) is 1. The molecule has 1 aliphatic heterocycles. The number of aryl methyl sites for hydroxylation is 4. The molecule has 28 heavy (non-hydrogen) atoms. The smallest absolute Gasteiger partial charge is 0.267 e. The van der Waals surface area contributed by atoms with Crippen molar-refractivity contribution in [3.05, 3.63) is 62.6 Å². The zero-order valence-electron chi connectivity index (χ0n) is 16.9. The third-order valence-corrected chi connectivity index (χ3v) is 6.08. The molecule has 0 unspecified atom stereocenters. The summed E-state index contributed by atoms with van der Waals surface area (Å²) < 4.78 is 1.66. The number of nitrogens with zero attached hydrogens (tertiary/aromatic N) is 3. The average Bonchev–Trinajstić information content (AvgIpc) is 2.68. The number of hydrogen-bond acceptors (Lipinski definition) is 3. The first-order valence-electron chi connectivity index (χ1n) is 10.5. The van der Waals surface area contributed by atoms with Gasteiger partial charge in [0.2, 0.25) is 0 Å². The SMILES string of the molecule is Cc1cc(C)cc(C(=O)N2CCC(Cn3nc4c(cc3=O)CCCC4)CC2)c1. The van der Waals surface area contributed by atoms with Gasteiger partial charge in [0, 0.05) is 31.3 Å². The fourth-order valence-electron chi connectivity index (χ4n) is 4.58. The monoisotopic (exact) mass is 379 g/mol. The number of carbonyl (C=O) groups is 1. The Hall–Kier alpha value is -2.43. The molecule has 1 fully saturated rings. The number of fused-ring (bicyclic) bond motifs is 1. The van der Waals surface area contributed by atoms with Crippen LogP contribution in [0.1, 0.15) is 58.4 Å². The molecule has 2 aromatic rings. The quantitative estimate of drug-likeness (QED) is 0.822. The molecule has 1 aromatic carbocycles. The van der Waals surface area contributed by atoms with Crippen molar-refractivity contribution in [1.82, 2.24) is 14.7 Å². The van der Waals surface area contributed by atoms with Crippen LogP contribution in [0.25, 0.3) is 0 Å². The Morgan fingerprint density at radius 2 is 1.71 bits per heavy atom. The molecule has 5 heteroatoms. The van der Waals surface area contributed by atoms with Gasteiger partial charge in [-0.2, -0.15) is 5.10 Å². The van der Waals surface area contributed by atoms with Crippen molar-refractivity contribution in [2.24, 2.45) is 5.92 Å². The van der Waals surface area contributed by atoms with Crippen LogP contribution in [-0.4, -0.2) is 33.7 Å². The van der Waals surface area contributed by atoms with Gasteiger partial charge in [-0.15, -0.1) is 0 Å². The lowest BCUT2D eigenvalue weighted by molar-refractivity contribution is 0.0680. The van der Waals surface area contributed by atoms with Gasteiger partial charge >= 0.3 is 0 Å². The number of piperidine rings is 1. The van der Waals surface area contributed by atoms with Crippen LogP contribution in [0.15, 0.2) is 29.1 Å². The standard InChI is InChI=1S/C23H29N3O2/c1-16-11-17(2)13-20(12-16)23(28)25-9-7-18(8-10-25)15-26-22(27)14-19-5-3-4-6-21(19)24-26/h11-14,18H,3-10,15H2,1-2H3. The Kier molecular flexibility index (Phi) is 5.33. The molecule has 2 aliphatic rings. The van der Waals surface area contributed by atoms with Crippen LogP contribution in [0, 0.1) is 19.8 Å². The summed E-state index contributed by atoms with van der Waals surface area (Å²) in [5, 5.41) is 4.65. The first-order valence-corrected chi connectivity index (χ1v) is 10.5. The number of rotatable bonds is 3. The molecule has 5 nitrogen and oxygen atoms in total. The zero-order valence-corrected chi connectivity index (χ0v) is 16.9. The third kappa shape index (κ3) is 4.03. The second kappa shape index (κ2) is 7.90. The number of carbonyl (C=O) groups excluding carboxylic acids is 1. The summed E-state index contributed by atoms with van der Waals surface area (Å²) in [6.07, 6.45) is 6.13. The minimum Gasteiger partial charge on any atom is -0.339 e. The van der Waals surface area contributed by atoms with E-state index in [1.165, 1.54) is 0 Å². The van der Waals surface area contributed by atoms with Crippen molar-refractivity contribution in [2.45, 2.75) is 58.9 Å². The minimum atomic E-state index is 0.0226. The van der Waals surface area contributed by atoms with Gasteiger partial charge in [0.05, 0.1) is 5.69 Å². The highest BCUT2D eigenvalue weighted by Gasteiger charge is 2.25. The van der Waals surface area contributed by atoms with Crippen LogP contribution in [0.4, 0.5) is 0 Å². The van der Waals surface area contributed by atoms with Gasteiger partial charge in [-0.05, 0) is 76.0 Å². The van der Waals surface area contributed by atoms with Gasteiger partial charge in [-0.3, -0.25) is 9.59 Å². The van der Waals surface area contributed by atoms with Gasteiger partial charge < -0.3 is 4.90 Å². The predicted molar refractivity (Wildman–Crippen MR) is 110 cm³/mol. The van der Waals surface area contributed by atoms with E-state index in [1.807, 2.05) is 30.9 Å². The first kappa shape index (κ1) is 18.9. The Bertz CT molecular complexity index is 919. The number of hydrogen-bond donors (Lipinski definition) is 0. The molecule has 2 heterocycles. The van der Waals surface area contributed by atoms with Crippen molar-refractivity contribution < 1.29 is 4.79 Å². The molecule has 0 saturated carbocycles. The van der Waals surface area contributed by atoms with Crippen molar-refractivity contribution in [3.63, 3.8) is 0 Å². The molecule has 1 aromatic heterocycles. The lowest BCUT2D eigenvalue weighted by atomic mass is 9.95. The van der Waals surface area contributed by atoms with Crippen LogP contribution >= 0.6 is 0 Å². The molecule has 1 saturated heterocycles. The number of aromatic nitrogens is 2. The predicted octanol–water partition coefficient (Wildman–Crippen LogP) is 3.29. The summed E-state index contributed by atoms with van der Waals surface area (Å²) in [6.45, 7) is 6.21. The average molecular weight is 380 g/mol. The summed E-state index contributed by atoms with van der Waals surface area (Å²) in [4.78, 5) is 27.2. The van der Waals surface area contributed by atoms with Crippen LogP contribution in [-0.2, 0) is 19.4 Å². The summed E-state index contributed by atoms with van der Waals surface area (Å²) in [7, 11) is 0. The highest BCUT2D eigenvalue weighted by atomic mass is 16.2. The van der Waals surface area contributed by atoms with Gasteiger partial charge in [-0.1, -0.05) is 17.2 Å². The minimum absolute atomic E-state index is 0.0226. The van der Waals surface area contributed by atoms with E-state index in [0.29, 0.717) is 12.5 Å². The normalized spacial score (nSPS) is 17.4. The molecule has 0 radical (unpaired) electrons. The lowest BCUT2D eigenvalue weighted by Gasteiger charge is -2.32. The summed E-state index contributed by atoms with van der Waals surface area (Å²) >= 11 is 0. The molecule has 0 atom stereocenters. The molecular formula is C23H29N3O2. The lowest BCUT2D eigenvalue weighted by Crippen LogP contribution is -2.40. The fourth-order valence-corrected chi connectivity index (χ4v) is 4.58. The van der Waals surface area contributed by atoms with E-state index >= 15 is 0 Å². The summed E-state index contributed by atoms with van der Waals surface area (Å²) in [6, 6.07) is 7.82. The Morgan fingerprint density at radius 3 is 2.43 bits per heavy atom. The van der Waals surface area contributed by atoms with Crippen molar-refractivity contribution in [2.75, 3.05) is 13.1 Å². The largest absolute Gasteiger partial charge is 0.339 e. The Labute approximate surface area is 166 Å². The molecule has 0 bridgehead atoms. The van der Waals surface area contributed by atoms with E-state index in [-0.39, 0.29) is 11.5 Å². The summed E-state index contributed by atoms with van der Waals surface area (Å²) in [5.41, 5.74) is 5.29. The Balaban J connectivity index is 1.39. The maximum atomic E-state index is 12.8. The van der Waals surface area contributed by atoms with Crippen molar-refractivity contribution in [1.29, 1.82) is 0 Å². The van der Waals surface area contributed by atoms with Crippen LogP contribution < -0.4 is 5.56 Å². The van der Waals surface area contributed by atoms with Crippen LogP contribution in [0.3, 0.4) is 0 Å². The third-order valence-electron chi connectivity index (χ3n) is 6.08. The fraction of sp³-hybridized carbons (Fsp3) is 0.522. The topological polar surface area (TPSA) is 55.2 Å². The molecule has 4 rings (SSSR count). The van der Waals surface area contributed by atoms with E-state index in [2.05, 4.69) is 11.2 Å². The van der Waals surface area contributed by atoms with Crippen molar-refractivity contribution >= 4 is 5.91 Å². The molecule has 1 aliphatic carbocycles. The Morgan fingerprint density at radius 1 is 1.04 bits per heavy atom. The summed E-state index contributed by atoms with van der Waals surface area (Å²) in [5.74, 6) is 0.518. The zero-order chi connectivity index (χ0) is 19.7. The first-order chi connectivity index (χ1) is 13.5. The van der Waals surface area contributed by atoms with Crippen LogP contribution in [0.5, 0.6) is 0 Å². The van der Waals surface area contributed by atoms with E-state index in [0.717, 1.165) is 79.6 Å².